The fraction of sp³-hybridized carbons (Fsp3) is 0.333. The number of morpholine rings is 1. The summed E-state index contributed by atoms with van der Waals surface area (Å²) in [4.78, 5) is 36.8. The van der Waals surface area contributed by atoms with Gasteiger partial charge in [0.2, 0.25) is 5.95 Å². The summed E-state index contributed by atoms with van der Waals surface area (Å²) in [5.41, 5.74) is 2.03. The van der Waals surface area contributed by atoms with Gasteiger partial charge in [-0.1, -0.05) is 12.1 Å². The molecule has 0 spiro atoms. The van der Waals surface area contributed by atoms with Gasteiger partial charge in [0, 0.05) is 50.2 Å². The average molecular weight is 465 g/mol. The zero-order chi connectivity index (χ0) is 23.7. The number of carbonyl (C=O) groups is 1. The molecule has 9 nitrogen and oxygen atoms in total. The Kier molecular flexibility index (Phi) is 5.97. The van der Waals surface area contributed by atoms with E-state index < -0.39 is 5.82 Å². The van der Waals surface area contributed by atoms with Gasteiger partial charge < -0.3 is 15.0 Å². The highest BCUT2D eigenvalue weighted by atomic mass is 19.1. The maximum Gasteiger partial charge on any atom is 0.321 e. The molecular weight excluding hydrogens is 439 g/mol. The Morgan fingerprint density at radius 2 is 1.97 bits per heavy atom. The first kappa shape index (κ1) is 22.0. The van der Waals surface area contributed by atoms with Crippen LogP contribution < -0.4 is 20.7 Å². The van der Waals surface area contributed by atoms with Crippen molar-refractivity contribution in [2.24, 2.45) is 7.05 Å². The zero-order valence-corrected chi connectivity index (χ0v) is 18.8. The van der Waals surface area contributed by atoms with Gasteiger partial charge in [-0.15, -0.1) is 0 Å². The lowest BCUT2D eigenvalue weighted by Crippen LogP contribution is -2.46. The first-order valence-electron chi connectivity index (χ1n) is 11.2. The van der Waals surface area contributed by atoms with Crippen LogP contribution in [0.25, 0.3) is 11.3 Å². The molecule has 10 heteroatoms. The summed E-state index contributed by atoms with van der Waals surface area (Å²) in [7, 11) is 1.65. The van der Waals surface area contributed by atoms with E-state index in [4.69, 9.17) is 4.74 Å². The molecule has 5 rings (SSSR count). The Morgan fingerprint density at radius 3 is 2.74 bits per heavy atom. The van der Waals surface area contributed by atoms with Crippen molar-refractivity contribution in [1.82, 2.24) is 19.9 Å². The second-order valence-corrected chi connectivity index (χ2v) is 8.33. The van der Waals surface area contributed by atoms with Crippen molar-refractivity contribution in [1.29, 1.82) is 0 Å². The van der Waals surface area contributed by atoms with E-state index in [2.05, 4.69) is 15.3 Å². The lowest BCUT2D eigenvalue weighted by Gasteiger charge is -2.35. The summed E-state index contributed by atoms with van der Waals surface area (Å²) in [6.45, 7) is 2.86. The average Bonchev–Trinajstić information content (AvgIpc) is 2.86. The Balaban J connectivity index is 1.39. The number of halogens is 1. The molecule has 2 saturated heterocycles. The number of carbonyl (C=O) groups excluding carboxylic acids is 1. The largest absolute Gasteiger partial charge is 0.370 e. The van der Waals surface area contributed by atoms with Crippen molar-refractivity contribution in [2.75, 3.05) is 42.6 Å². The number of ether oxygens (including phenoxy) is 1. The summed E-state index contributed by atoms with van der Waals surface area (Å²) in [5, 5.41) is 2.86. The minimum atomic E-state index is -0.531. The minimum Gasteiger partial charge on any atom is -0.370 e. The molecule has 2 fully saturated rings. The van der Waals surface area contributed by atoms with E-state index >= 15 is 0 Å². The van der Waals surface area contributed by atoms with Crippen LogP contribution in [0.5, 0.6) is 0 Å². The molecule has 34 heavy (non-hydrogen) atoms. The molecule has 2 amide bonds. The molecule has 2 aliphatic heterocycles. The van der Waals surface area contributed by atoms with Crippen molar-refractivity contribution >= 4 is 17.7 Å². The Bertz CT molecular complexity index is 1260. The van der Waals surface area contributed by atoms with E-state index in [0.29, 0.717) is 38.7 Å². The number of rotatable bonds is 4. The number of benzene rings is 1. The predicted octanol–water partition coefficient (Wildman–Crippen LogP) is 2.48. The van der Waals surface area contributed by atoms with Crippen LogP contribution in [0.1, 0.15) is 18.1 Å². The van der Waals surface area contributed by atoms with Crippen LogP contribution in [-0.4, -0.2) is 53.4 Å². The second kappa shape index (κ2) is 9.22. The maximum absolute atomic E-state index is 14.3. The van der Waals surface area contributed by atoms with Crippen molar-refractivity contribution in [3.63, 3.8) is 0 Å². The third-order valence-electron chi connectivity index (χ3n) is 6.17. The van der Waals surface area contributed by atoms with E-state index in [1.54, 1.807) is 11.9 Å². The van der Waals surface area contributed by atoms with E-state index in [0.717, 1.165) is 23.9 Å². The van der Waals surface area contributed by atoms with Crippen LogP contribution in [0.4, 0.5) is 20.8 Å². The predicted molar refractivity (Wildman–Crippen MR) is 125 cm³/mol. The smallest absolute Gasteiger partial charge is 0.321 e. The van der Waals surface area contributed by atoms with Gasteiger partial charge in [-0.3, -0.25) is 19.2 Å². The number of pyridine rings is 1. The SMILES string of the molecule is Cn1c(N2CCOC(c3ccc(N4CCCNC4=O)cc3)C2)nc(-c2ccncc2F)cc1=O. The van der Waals surface area contributed by atoms with E-state index in [-0.39, 0.29) is 29.0 Å². The van der Waals surface area contributed by atoms with Gasteiger partial charge in [-0.2, -0.15) is 0 Å². The summed E-state index contributed by atoms with van der Waals surface area (Å²) < 4.78 is 21.8. The number of anilines is 2. The number of amides is 2. The van der Waals surface area contributed by atoms with Crippen LogP contribution in [0, 0.1) is 5.82 Å². The lowest BCUT2D eigenvalue weighted by molar-refractivity contribution is 0.0390. The van der Waals surface area contributed by atoms with E-state index in [1.165, 1.54) is 22.9 Å². The molecule has 1 N–H and O–H groups in total. The zero-order valence-electron chi connectivity index (χ0n) is 18.8. The normalized spacial score (nSPS) is 18.6. The van der Waals surface area contributed by atoms with Crippen LogP contribution in [0.3, 0.4) is 0 Å². The third-order valence-corrected chi connectivity index (χ3v) is 6.17. The highest BCUT2D eigenvalue weighted by molar-refractivity contribution is 5.92. The Morgan fingerprint density at radius 1 is 1.15 bits per heavy atom. The van der Waals surface area contributed by atoms with Gasteiger partial charge in [0.05, 0.1) is 25.0 Å². The summed E-state index contributed by atoms with van der Waals surface area (Å²) in [5.74, 6) is -0.0786. The molecule has 3 aromatic rings. The number of nitrogens with zero attached hydrogens (tertiary/aromatic N) is 5. The molecule has 0 saturated carbocycles. The van der Waals surface area contributed by atoms with Crippen LogP contribution in [0.15, 0.2) is 53.6 Å². The first-order valence-corrected chi connectivity index (χ1v) is 11.2. The molecule has 2 aliphatic rings. The summed E-state index contributed by atoms with van der Waals surface area (Å²) in [6, 6.07) is 10.5. The molecule has 1 unspecified atom stereocenters. The minimum absolute atomic E-state index is 0.0865. The number of nitrogens with one attached hydrogen (secondary N) is 1. The fourth-order valence-corrected chi connectivity index (χ4v) is 4.31. The van der Waals surface area contributed by atoms with E-state index in [1.807, 2.05) is 29.2 Å². The standard InChI is InChI=1S/C24H25FN6O3/c1-29-22(32)13-20(18-7-9-26-14-19(18)25)28-23(29)30-11-12-34-21(15-30)16-3-5-17(6-4-16)31-10-2-8-27-24(31)33/h3-7,9,13-14,21H,2,8,10-12,15H2,1H3,(H,27,33). The topological polar surface area (TPSA) is 92.6 Å². The second-order valence-electron chi connectivity index (χ2n) is 8.33. The van der Waals surface area contributed by atoms with Crippen molar-refractivity contribution < 1.29 is 13.9 Å². The quantitative estimate of drug-likeness (QED) is 0.638. The molecule has 0 radical (unpaired) electrons. The highest BCUT2D eigenvalue weighted by Crippen LogP contribution is 2.28. The van der Waals surface area contributed by atoms with Crippen molar-refractivity contribution in [2.45, 2.75) is 12.5 Å². The maximum atomic E-state index is 14.3. The summed E-state index contributed by atoms with van der Waals surface area (Å²) in [6.07, 6.45) is 3.24. The number of urea groups is 1. The van der Waals surface area contributed by atoms with Crippen molar-refractivity contribution in [3.8, 4) is 11.3 Å². The molecule has 0 aliphatic carbocycles. The van der Waals surface area contributed by atoms with Gasteiger partial charge in [0.1, 0.15) is 6.10 Å². The molecule has 176 valence electrons. The number of aromatic nitrogens is 3. The van der Waals surface area contributed by atoms with Crippen LogP contribution >= 0.6 is 0 Å². The van der Waals surface area contributed by atoms with Crippen LogP contribution in [-0.2, 0) is 11.8 Å². The third kappa shape index (κ3) is 4.24. The highest BCUT2D eigenvalue weighted by Gasteiger charge is 2.26. The monoisotopic (exact) mass is 464 g/mol. The van der Waals surface area contributed by atoms with Gasteiger partial charge in [0.25, 0.3) is 5.56 Å². The van der Waals surface area contributed by atoms with Gasteiger partial charge in [0.15, 0.2) is 5.82 Å². The van der Waals surface area contributed by atoms with Gasteiger partial charge >= 0.3 is 6.03 Å². The lowest BCUT2D eigenvalue weighted by atomic mass is 10.1. The Hall–Kier alpha value is -3.79. The molecule has 1 aromatic carbocycles. The van der Waals surface area contributed by atoms with Crippen LogP contribution in [0.2, 0.25) is 0 Å². The fourth-order valence-electron chi connectivity index (χ4n) is 4.31. The Labute approximate surface area is 195 Å². The molecular formula is C24H25FN6O3. The molecule has 0 bridgehead atoms. The van der Waals surface area contributed by atoms with Crippen molar-refractivity contribution in [3.05, 3.63) is 70.5 Å². The number of hydrogen-bond donors (Lipinski definition) is 1. The van der Waals surface area contributed by atoms with E-state index in [9.17, 15) is 14.0 Å². The molecule has 4 heterocycles. The number of hydrogen-bond acceptors (Lipinski definition) is 6. The van der Waals surface area contributed by atoms with Gasteiger partial charge in [-0.05, 0) is 30.2 Å². The first-order chi connectivity index (χ1) is 16.5. The summed E-state index contributed by atoms with van der Waals surface area (Å²) >= 11 is 0. The molecule has 1 atom stereocenters. The van der Waals surface area contributed by atoms with Gasteiger partial charge in [-0.25, -0.2) is 14.2 Å². The molecule has 2 aromatic heterocycles.